The van der Waals surface area contributed by atoms with E-state index in [1.165, 1.54) is 0 Å². The van der Waals surface area contributed by atoms with Crippen molar-refractivity contribution in [3.05, 3.63) is 29.6 Å². The van der Waals surface area contributed by atoms with Crippen molar-refractivity contribution >= 4 is 5.91 Å². The Morgan fingerprint density at radius 3 is 2.94 bits per heavy atom. The van der Waals surface area contributed by atoms with Gasteiger partial charge >= 0.3 is 0 Å². The highest BCUT2D eigenvalue weighted by molar-refractivity contribution is 5.91. The summed E-state index contributed by atoms with van der Waals surface area (Å²) in [6.07, 6.45) is 0. The minimum absolute atomic E-state index is 0.108. The number of nitrogen functional groups attached to an aromatic ring is 1. The number of nitrogens with one attached hydrogen (secondary N) is 1. The number of hydrazine groups is 1. The normalized spacial score (nSPS) is 10.6. The molecule has 0 aliphatic heterocycles. The van der Waals surface area contributed by atoms with Gasteiger partial charge in [0.1, 0.15) is 5.69 Å². The molecule has 0 aliphatic carbocycles. The van der Waals surface area contributed by atoms with Gasteiger partial charge in [-0.15, -0.1) is 0 Å². The molecule has 0 atom stereocenters. The predicted octanol–water partition coefficient (Wildman–Crippen LogP) is -0.501. The summed E-state index contributed by atoms with van der Waals surface area (Å²) in [5, 5.41) is 8.88. The van der Waals surface area contributed by atoms with Crippen LogP contribution in [-0.4, -0.2) is 40.6 Å². The first-order valence-electron chi connectivity index (χ1n) is 5.51. The van der Waals surface area contributed by atoms with E-state index in [1.807, 2.05) is 23.3 Å². The zero-order valence-electron chi connectivity index (χ0n) is 9.89. The number of amides is 1. The van der Waals surface area contributed by atoms with E-state index in [1.54, 1.807) is 12.1 Å². The Labute approximate surface area is 100 Å². The minimum atomic E-state index is -0.406. The number of aromatic nitrogens is 1. The lowest BCUT2D eigenvalue weighted by Gasteiger charge is -2.18. The molecule has 0 aliphatic rings. The third-order valence-electron chi connectivity index (χ3n) is 2.42. The molecule has 0 bridgehead atoms. The summed E-state index contributed by atoms with van der Waals surface area (Å²) in [5.74, 6) is 4.64. The highest BCUT2D eigenvalue weighted by atomic mass is 16.3. The smallest absolute Gasteiger partial charge is 0.283 e. The van der Waals surface area contributed by atoms with Gasteiger partial charge in [-0.05, 0) is 18.7 Å². The number of nitrogens with two attached hydrogens (primary N) is 1. The molecule has 1 rings (SSSR count). The summed E-state index contributed by atoms with van der Waals surface area (Å²) >= 11 is 0. The van der Waals surface area contributed by atoms with E-state index in [9.17, 15) is 4.79 Å². The van der Waals surface area contributed by atoms with E-state index in [0.29, 0.717) is 18.8 Å². The summed E-state index contributed by atoms with van der Waals surface area (Å²) in [7, 11) is 0. The molecule has 0 radical (unpaired) electrons. The Hall–Kier alpha value is -1.50. The number of aliphatic hydroxyl groups excluding tert-OH is 1. The highest BCUT2D eigenvalue weighted by Crippen LogP contribution is 2.03. The van der Waals surface area contributed by atoms with Crippen molar-refractivity contribution in [2.24, 2.45) is 5.84 Å². The standard InChI is InChI=1S/C11H18N4O2/c1-2-15(6-7-16)8-9-4-3-5-10(13-9)11(17)14-12/h3-5,16H,2,6-8,12H2,1H3,(H,14,17). The van der Waals surface area contributed by atoms with Gasteiger partial charge in [0.25, 0.3) is 5.91 Å². The molecule has 1 heterocycles. The molecule has 6 heteroatoms. The minimum Gasteiger partial charge on any atom is -0.395 e. The van der Waals surface area contributed by atoms with E-state index in [4.69, 9.17) is 10.9 Å². The lowest BCUT2D eigenvalue weighted by molar-refractivity contribution is 0.0948. The third-order valence-corrected chi connectivity index (χ3v) is 2.42. The Morgan fingerprint density at radius 2 is 2.35 bits per heavy atom. The molecule has 17 heavy (non-hydrogen) atoms. The van der Waals surface area contributed by atoms with Crippen LogP contribution in [-0.2, 0) is 6.54 Å². The number of rotatable bonds is 6. The van der Waals surface area contributed by atoms with Gasteiger partial charge in [-0.2, -0.15) is 0 Å². The molecule has 0 fully saturated rings. The topological polar surface area (TPSA) is 91.5 Å². The Kier molecular flexibility index (Phi) is 5.55. The fraction of sp³-hybridized carbons (Fsp3) is 0.455. The number of pyridine rings is 1. The fourth-order valence-corrected chi connectivity index (χ4v) is 1.49. The molecular formula is C11H18N4O2. The molecule has 94 valence electrons. The van der Waals surface area contributed by atoms with Gasteiger partial charge in [-0.1, -0.05) is 13.0 Å². The quantitative estimate of drug-likeness (QED) is 0.353. The van der Waals surface area contributed by atoms with Crippen LogP contribution < -0.4 is 11.3 Å². The summed E-state index contributed by atoms with van der Waals surface area (Å²) < 4.78 is 0. The number of hydrogen-bond acceptors (Lipinski definition) is 5. The van der Waals surface area contributed by atoms with Gasteiger partial charge < -0.3 is 5.11 Å². The van der Waals surface area contributed by atoms with Gasteiger partial charge in [-0.25, -0.2) is 10.8 Å². The zero-order valence-corrected chi connectivity index (χ0v) is 9.89. The van der Waals surface area contributed by atoms with E-state index in [2.05, 4.69) is 4.98 Å². The Balaban J connectivity index is 2.74. The Bertz CT molecular complexity index is 370. The van der Waals surface area contributed by atoms with E-state index in [-0.39, 0.29) is 6.61 Å². The second-order valence-corrected chi connectivity index (χ2v) is 3.58. The summed E-state index contributed by atoms with van der Waals surface area (Å²) in [4.78, 5) is 17.5. The maximum Gasteiger partial charge on any atom is 0.283 e. The molecular weight excluding hydrogens is 220 g/mol. The van der Waals surface area contributed by atoms with Crippen LogP contribution in [0.25, 0.3) is 0 Å². The van der Waals surface area contributed by atoms with Crippen LogP contribution in [0.1, 0.15) is 23.1 Å². The highest BCUT2D eigenvalue weighted by Gasteiger charge is 2.08. The van der Waals surface area contributed by atoms with Crippen LogP contribution >= 0.6 is 0 Å². The van der Waals surface area contributed by atoms with Crippen molar-refractivity contribution in [2.75, 3.05) is 19.7 Å². The summed E-state index contributed by atoms with van der Waals surface area (Å²) in [5.41, 5.74) is 3.12. The molecule has 0 saturated carbocycles. The molecule has 0 aromatic carbocycles. The number of likely N-dealkylation sites (N-methyl/N-ethyl adjacent to an activating group) is 1. The van der Waals surface area contributed by atoms with Crippen LogP contribution in [0.5, 0.6) is 0 Å². The molecule has 0 spiro atoms. The number of aliphatic hydroxyl groups is 1. The first-order chi connectivity index (χ1) is 8.21. The molecule has 0 saturated heterocycles. The first kappa shape index (κ1) is 13.6. The molecule has 1 aromatic heterocycles. The van der Waals surface area contributed by atoms with Gasteiger partial charge in [0.2, 0.25) is 0 Å². The van der Waals surface area contributed by atoms with Gasteiger partial charge in [0.15, 0.2) is 0 Å². The van der Waals surface area contributed by atoms with E-state index in [0.717, 1.165) is 12.2 Å². The van der Waals surface area contributed by atoms with E-state index >= 15 is 0 Å². The number of nitrogens with zero attached hydrogens (tertiary/aromatic N) is 2. The van der Waals surface area contributed by atoms with E-state index < -0.39 is 5.91 Å². The van der Waals surface area contributed by atoms with Crippen molar-refractivity contribution < 1.29 is 9.90 Å². The largest absolute Gasteiger partial charge is 0.395 e. The molecule has 1 amide bonds. The van der Waals surface area contributed by atoms with Crippen molar-refractivity contribution in [1.29, 1.82) is 0 Å². The third kappa shape index (κ3) is 4.10. The Morgan fingerprint density at radius 1 is 1.59 bits per heavy atom. The van der Waals surface area contributed by atoms with Crippen molar-refractivity contribution in [1.82, 2.24) is 15.3 Å². The van der Waals surface area contributed by atoms with Crippen LogP contribution in [0.3, 0.4) is 0 Å². The zero-order chi connectivity index (χ0) is 12.7. The van der Waals surface area contributed by atoms with Crippen LogP contribution in [0, 0.1) is 0 Å². The predicted molar refractivity (Wildman–Crippen MR) is 63.9 cm³/mol. The average molecular weight is 238 g/mol. The monoisotopic (exact) mass is 238 g/mol. The maximum atomic E-state index is 11.3. The molecule has 1 aromatic rings. The second-order valence-electron chi connectivity index (χ2n) is 3.58. The number of carbonyl (C=O) groups is 1. The van der Waals surface area contributed by atoms with Crippen molar-refractivity contribution in [3.63, 3.8) is 0 Å². The van der Waals surface area contributed by atoms with Gasteiger partial charge in [-0.3, -0.25) is 15.1 Å². The number of hydrogen-bond donors (Lipinski definition) is 3. The lowest BCUT2D eigenvalue weighted by atomic mass is 10.2. The maximum absolute atomic E-state index is 11.3. The van der Waals surface area contributed by atoms with Crippen LogP contribution in [0.4, 0.5) is 0 Å². The fourth-order valence-electron chi connectivity index (χ4n) is 1.49. The SMILES string of the molecule is CCN(CCO)Cc1cccc(C(=O)NN)n1. The first-order valence-corrected chi connectivity index (χ1v) is 5.51. The van der Waals surface area contributed by atoms with Crippen LogP contribution in [0.15, 0.2) is 18.2 Å². The number of carbonyl (C=O) groups excluding carboxylic acids is 1. The average Bonchev–Trinajstić information content (AvgIpc) is 2.37. The second kappa shape index (κ2) is 6.95. The van der Waals surface area contributed by atoms with Crippen molar-refractivity contribution in [3.8, 4) is 0 Å². The molecule has 0 unspecified atom stereocenters. The molecule has 6 nitrogen and oxygen atoms in total. The van der Waals surface area contributed by atoms with Crippen molar-refractivity contribution in [2.45, 2.75) is 13.5 Å². The molecule has 4 N–H and O–H groups in total. The van der Waals surface area contributed by atoms with Crippen LogP contribution in [0.2, 0.25) is 0 Å². The summed E-state index contributed by atoms with van der Waals surface area (Å²) in [6.45, 7) is 4.12. The lowest BCUT2D eigenvalue weighted by Crippen LogP contribution is -2.31. The summed E-state index contributed by atoms with van der Waals surface area (Å²) in [6, 6.07) is 5.21. The van der Waals surface area contributed by atoms with Gasteiger partial charge in [0, 0.05) is 13.1 Å². The van der Waals surface area contributed by atoms with Gasteiger partial charge in [0.05, 0.1) is 12.3 Å².